The number of fused-ring (bicyclic) bond motifs is 1. The van der Waals surface area contributed by atoms with Crippen molar-refractivity contribution in [3.05, 3.63) is 58.1 Å². The largest absolute Gasteiger partial charge is 0.446 e. The molecule has 3 aromatic rings. The second-order valence-corrected chi connectivity index (χ2v) is 4.97. The minimum atomic E-state index is -0.115. The number of carbonyl (C=O) groups excluding carboxylic acids is 1. The molecular formula is C14H10BrNO2. The zero-order valence-electron chi connectivity index (χ0n) is 9.66. The summed E-state index contributed by atoms with van der Waals surface area (Å²) in [5.41, 5.74) is 2.75. The Morgan fingerprint density at radius 1 is 1.28 bits per heavy atom. The number of benzene rings is 1. The summed E-state index contributed by atoms with van der Waals surface area (Å²) in [5, 5.41) is 0.915. The molecule has 0 spiro atoms. The van der Waals surface area contributed by atoms with E-state index in [1.807, 2.05) is 25.1 Å². The van der Waals surface area contributed by atoms with E-state index in [9.17, 15) is 4.79 Å². The number of aromatic nitrogens is 1. The fraction of sp³-hybridized carbons (Fsp3) is 0.0714. The SMILES string of the molecule is Cc1ccc2c(C(=O)c3ccc(Br)o3)c[nH]c2c1. The normalized spacial score (nSPS) is 11.0. The second-order valence-electron chi connectivity index (χ2n) is 4.18. The summed E-state index contributed by atoms with van der Waals surface area (Å²) in [4.78, 5) is 15.4. The molecule has 2 aromatic heterocycles. The lowest BCUT2D eigenvalue weighted by Crippen LogP contribution is -1.97. The van der Waals surface area contributed by atoms with Crippen molar-refractivity contribution in [1.82, 2.24) is 4.98 Å². The van der Waals surface area contributed by atoms with Gasteiger partial charge in [0.2, 0.25) is 5.78 Å². The van der Waals surface area contributed by atoms with E-state index in [0.29, 0.717) is 16.0 Å². The molecule has 0 atom stereocenters. The minimum absolute atomic E-state index is 0.115. The first kappa shape index (κ1) is 11.3. The molecule has 0 amide bonds. The zero-order valence-corrected chi connectivity index (χ0v) is 11.2. The van der Waals surface area contributed by atoms with Crippen LogP contribution in [0.5, 0.6) is 0 Å². The van der Waals surface area contributed by atoms with Crippen molar-refractivity contribution in [2.24, 2.45) is 0 Å². The van der Waals surface area contributed by atoms with Crippen LogP contribution in [0.2, 0.25) is 0 Å². The Bertz CT molecular complexity index is 739. The molecule has 0 fully saturated rings. The third-order valence-electron chi connectivity index (χ3n) is 2.88. The van der Waals surface area contributed by atoms with Crippen LogP contribution in [0.25, 0.3) is 10.9 Å². The van der Waals surface area contributed by atoms with Crippen LogP contribution in [0.15, 0.2) is 45.6 Å². The van der Waals surface area contributed by atoms with Gasteiger partial charge in [0.1, 0.15) is 0 Å². The molecule has 90 valence electrons. The van der Waals surface area contributed by atoms with Gasteiger partial charge in [0.25, 0.3) is 0 Å². The second kappa shape index (κ2) is 4.14. The van der Waals surface area contributed by atoms with Crippen molar-refractivity contribution >= 4 is 32.6 Å². The van der Waals surface area contributed by atoms with Crippen molar-refractivity contribution in [3.8, 4) is 0 Å². The molecule has 0 bridgehead atoms. The van der Waals surface area contributed by atoms with Gasteiger partial charge in [-0.3, -0.25) is 4.79 Å². The van der Waals surface area contributed by atoms with E-state index < -0.39 is 0 Å². The van der Waals surface area contributed by atoms with Gasteiger partial charge in [0.05, 0.1) is 5.56 Å². The van der Waals surface area contributed by atoms with Gasteiger partial charge < -0.3 is 9.40 Å². The smallest absolute Gasteiger partial charge is 0.230 e. The first-order valence-electron chi connectivity index (χ1n) is 5.53. The van der Waals surface area contributed by atoms with Crippen LogP contribution in [0, 0.1) is 6.92 Å². The van der Waals surface area contributed by atoms with Gasteiger partial charge >= 0.3 is 0 Å². The highest BCUT2D eigenvalue weighted by Gasteiger charge is 2.17. The molecule has 0 aliphatic rings. The standard InChI is InChI=1S/C14H10BrNO2/c1-8-2-3-9-10(7-16-11(9)6-8)14(17)12-4-5-13(15)18-12/h2-7,16H,1H3. The molecule has 3 rings (SSSR count). The highest BCUT2D eigenvalue weighted by Crippen LogP contribution is 2.24. The van der Waals surface area contributed by atoms with Crippen molar-refractivity contribution in [2.75, 3.05) is 0 Å². The summed E-state index contributed by atoms with van der Waals surface area (Å²) in [6, 6.07) is 9.34. The van der Waals surface area contributed by atoms with Crippen LogP contribution in [-0.4, -0.2) is 10.8 Å². The molecule has 0 saturated heterocycles. The molecule has 1 N–H and O–H groups in total. The van der Waals surface area contributed by atoms with Crippen LogP contribution in [-0.2, 0) is 0 Å². The molecule has 1 aromatic carbocycles. The van der Waals surface area contributed by atoms with E-state index in [4.69, 9.17) is 4.42 Å². The Balaban J connectivity index is 2.12. The van der Waals surface area contributed by atoms with Gasteiger partial charge in [0, 0.05) is 17.1 Å². The molecule has 0 aliphatic heterocycles. The topological polar surface area (TPSA) is 46.0 Å². The van der Waals surface area contributed by atoms with Crippen LogP contribution < -0.4 is 0 Å². The van der Waals surface area contributed by atoms with Crippen LogP contribution >= 0.6 is 15.9 Å². The summed E-state index contributed by atoms with van der Waals surface area (Å²) in [5.74, 6) is 0.221. The van der Waals surface area contributed by atoms with E-state index in [1.54, 1.807) is 18.3 Å². The number of nitrogens with one attached hydrogen (secondary N) is 1. The van der Waals surface area contributed by atoms with Crippen molar-refractivity contribution in [1.29, 1.82) is 0 Å². The Morgan fingerprint density at radius 2 is 2.11 bits per heavy atom. The zero-order chi connectivity index (χ0) is 12.7. The average Bonchev–Trinajstić information content (AvgIpc) is 2.94. The van der Waals surface area contributed by atoms with Crippen LogP contribution in [0.3, 0.4) is 0 Å². The van der Waals surface area contributed by atoms with Gasteiger partial charge in [-0.15, -0.1) is 0 Å². The first-order chi connectivity index (χ1) is 8.65. The summed E-state index contributed by atoms with van der Waals surface area (Å²) in [7, 11) is 0. The number of ketones is 1. The van der Waals surface area contributed by atoms with Gasteiger partial charge in [-0.1, -0.05) is 12.1 Å². The third-order valence-corrected chi connectivity index (χ3v) is 3.31. The maximum atomic E-state index is 12.3. The van der Waals surface area contributed by atoms with Gasteiger partial charge in [-0.25, -0.2) is 0 Å². The summed E-state index contributed by atoms with van der Waals surface area (Å²) >= 11 is 3.20. The Morgan fingerprint density at radius 3 is 2.83 bits per heavy atom. The maximum absolute atomic E-state index is 12.3. The molecule has 0 radical (unpaired) electrons. The Kier molecular flexibility index (Phi) is 2.59. The Hall–Kier alpha value is -1.81. The third kappa shape index (κ3) is 1.78. The van der Waals surface area contributed by atoms with Gasteiger partial charge in [0.15, 0.2) is 10.4 Å². The van der Waals surface area contributed by atoms with E-state index in [0.717, 1.165) is 16.5 Å². The molecular weight excluding hydrogens is 294 g/mol. The predicted molar refractivity (Wildman–Crippen MR) is 72.9 cm³/mol. The minimum Gasteiger partial charge on any atom is -0.446 e. The predicted octanol–water partition coefficient (Wildman–Crippen LogP) is 4.06. The summed E-state index contributed by atoms with van der Waals surface area (Å²) in [6.07, 6.45) is 1.73. The number of carbonyl (C=O) groups is 1. The van der Waals surface area contributed by atoms with Crippen molar-refractivity contribution in [3.63, 3.8) is 0 Å². The molecule has 4 heteroatoms. The highest BCUT2D eigenvalue weighted by atomic mass is 79.9. The summed E-state index contributed by atoms with van der Waals surface area (Å²) in [6.45, 7) is 2.02. The molecule has 0 unspecified atom stereocenters. The lowest BCUT2D eigenvalue weighted by molar-refractivity contribution is 0.101. The van der Waals surface area contributed by atoms with Gasteiger partial charge in [-0.2, -0.15) is 0 Å². The Labute approximate surface area is 112 Å². The van der Waals surface area contributed by atoms with E-state index in [1.165, 1.54) is 0 Å². The molecule has 2 heterocycles. The van der Waals surface area contributed by atoms with Crippen LogP contribution in [0.4, 0.5) is 0 Å². The van der Waals surface area contributed by atoms with E-state index in [2.05, 4.69) is 20.9 Å². The summed E-state index contributed by atoms with van der Waals surface area (Å²) < 4.78 is 5.85. The first-order valence-corrected chi connectivity index (χ1v) is 6.32. The average molecular weight is 304 g/mol. The molecule has 0 aliphatic carbocycles. The van der Waals surface area contributed by atoms with E-state index in [-0.39, 0.29) is 5.78 Å². The van der Waals surface area contributed by atoms with Gasteiger partial charge in [-0.05, 0) is 46.6 Å². The van der Waals surface area contributed by atoms with Crippen molar-refractivity contribution < 1.29 is 9.21 Å². The fourth-order valence-corrected chi connectivity index (χ4v) is 2.30. The lowest BCUT2D eigenvalue weighted by atomic mass is 10.1. The number of aryl methyl sites for hydroxylation is 1. The fourth-order valence-electron chi connectivity index (χ4n) is 2.00. The van der Waals surface area contributed by atoms with E-state index >= 15 is 0 Å². The van der Waals surface area contributed by atoms with Crippen molar-refractivity contribution in [2.45, 2.75) is 6.92 Å². The number of hydrogen-bond donors (Lipinski definition) is 1. The quantitative estimate of drug-likeness (QED) is 0.726. The highest BCUT2D eigenvalue weighted by molar-refractivity contribution is 9.10. The number of H-pyrrole nitrogens is 1. The molecule has 3 nitrogen and oxygen atoms in total. The number of rotatable bonds is 2. The number of furan rings is 1. The monoisotopic (exact) mass is 303 g/mol. The molecule has 18 heavy (non-hydrogen) atoms. The molecule has 0 saturated carbocycles. The van der Waals surface area contributed by atoms with Crippen LogP contribution in [0.1, 0.15) is 21.7 Å². The number of hydrogen-bond acceptors (Lipinski definition) is 2. The maximum Gasteiger partial charge on any atom is 0.230 e. The number of aromatic amines is 1. The lowest BCUT2D eigenvalue weighted by Gasteiger charge is -1.96. The number of halogens is 1.